The van der Waals surface area contributed by atoms with E-state index in [2.05, 4.69) is 151 Å². The van der Waals surface area contributed by atoms with Crippen molar-refractivity contribution in [1.82, 2.24) is 0 Å². The van der Waals surface area contributed by atoms with Crippen LogP contribution in [0.3, 0.4) is 0 Å². The van der Waals surface area contributed by atoms with E-state index in [1.165, 1.54) is 43.8 Å². The molecule has 0 heterocycles. The predicted molar refractivity (Wildman–Crippen MR) is 170 cm³/mol. The van der Waals surface area contributed by atoms with Gasteiger partial charge >= 0.3 is 99.8 Å². The molecule has 2 aliphatic rings. The molecule has 200 valence electrons. The number of rotatable bonds is 2. The van der Waals surface area contributed by atoms with Crippen molar-refractivity contribution in [1.29, 1.82) is 0 Å². The van der Waals surface area contributed by atoms with Crippen LogP contribution in [0, 0.1) is 12.1 Å². The first kappa shape index (κ1) is 30.4. The molecule has 0 N–H and O–H groups in total. The number of hydrogen-bond acceptors (Lipinski definition) is 0. The van der Waals surface area contributed by atoms with Crippen LogP contribution in [0.4, 0.5) is 0 Å². The minimum atomic E-state index is -0.455. The van der Waals surface area contributed by atoms with Gasteiger partial charge in [0.15, 0.2) is 0 Å². The molecular formula is C38H40SiZr. The Morgan fingerprint density at radius 2 is 1.27 bits per heavy atom. The zero-order chi connectivity index (χ0) is 28.8. The van der Waals surface area contributed by atoms with E-state index in [4.69, 9.17) is 0 Å². The number of benzene rings is 4. The van der Waals surface area contributed by atoms with Crippen LogP contribution in [-0.4, -0.2) is 5.43 Å². The van der Waals surface area contributed by atoms with Crippen LogP contribution < -0.4 is 10.4 Å². The van der Waals surface area contributed by atoms with Gasteiger partial charge in [0.2, 0.25) is 0 Å². The van der Waals surface area contributed by atoms with Crippen LogP contribution >= 0.6 is 0 Å². The maximum atomic E-state index is 3.53. The van der Waals surface area contributed by atoms with Crippen LogP contribution in [0.2, 0.25) is 0 Å². The fourth-order valence-electron chi connectivity index (χ4n) is 4.70. The summed E-state index contributed by atoms with van der Waals surface area (Å²) in [7, 11) is 0. The van der Waals surface area contributed by atoms with E-state index in [0.29, 0.717) is 0 Å². The zero-order valence-corrected chi connectivity index (χ0v) is 28.3. The van der Waals surface area contributed by atoms with Crippen molar-refractivity contribution in [2.75, 3.05) is 0 Å². The first-order chi connectivity index (χ1) is 19.0. The number of fused-ring (bicyclic) bond motifs is 3. The molecule has 0 bridgehead atoms. The second-order valence-electron chi connectivity index (χ2n) is 12.4. The monoisotopic (exact) mass is 614 g/mol. The fourth-order valence-corrected chi connectivity index (χ4v) is 8.54. The summed E-state index contributed by atoms with van der Waals surface area (Å²) in [5.74, 6) is 0. The van der Waals surface area contributed by atoms with Crippen molar-refractivity contribution < 1.29 is 23.3 Å². The van der Waals surface area contributed by atoms with Crippen LogP contribution in [0.5, 0.6) is 0 Å². The molecule has 40 heavy (non-hydrogen) atoms. The van der Waals surface area contributed by atoms with Gasteiger partial charge in [0.05, 0.1) is 0 Å². The van der Waals surface area contributed by atoms with Crippen LogP contribution in [-0.2, 0) is 40.6 Å². The number of hydrogen-bond donors (Lipinski definition) is 0. The van der Waals surface area contributed by atoms with Gasteiger partial charge in [0.25, 0.3) is 0 Å². The Bertz CT molecular complexity index is 1380. The first-order valence-corrected chi connectivity index (χ1v) is 19.3. The van der Waals surface area contributed by atoms with Crippen molar-refractivity contribution in [2.24, 2.45) is 0 Å². The maximum absolute atomic E-state index is 3.53. The quantitative estimate of drug-likeness (QED) is 0.138. The van der Waals surface area contributed by atoms with Gasteiger partial charge in [-0.25, -0.2) is 12.2 Å². The summed E-state index contributed by atoms with van der Waals surface area (Å²) in [6, 6.07) is 36.7. The molecular weight excluding hydrogens is 576 g/mol. The Hall–Kier alpha value is -2.54. The third-order valence-electron chi connectivity index (χ3n) is 7.24. The molecule has 2 heteroatoms. The summed E-state index contributed by atoms with van der Waals surface area (Å²) >= 11 is 1.64. The molecule has 0 aliphatic heterocycles. The van der Waals surface area contributed by atoms with Gasteiger partial charge < -0.3 is 0 Å². The summed E-state index contributed by atoms with van der Waals surface area (Å²) in [5.41, 5.74) is 8.31. The van der Waals surface area contributed by atoms with Crippen LogP contribution in [0.1, 0.15) is 70.2 Å². The van der Waals surface area contributed by atoms with Crippen molar-refractivity contribution >= 4 is 15.8 Å². The predicted octanol–water partition coefficient (Wildman–Crippen LogP) is 8.30. The van der Waals surface area contributed by atoms with Crippen molar-refractivity contribution in [3.63, 3.8) is 0 Å². The molecule has 6 rings (SSSR count). The van der Waals surface area contributed by atoms with Gasteiger partial charge in [-0.1, -0.05) is 76.3 Å². The van der Waals surface area contributed by atoms with Gasteiger partial charge in [-0.15, -0.1) is 12.0 Å². The van der Waals surface area contributed by atoms with E-state index in [-0.39, 0.29) is 10.8 Å². The molecule has 0 spiro atoms. The van der Waals surface area contributed by atoms with E-state index in [0.717, 1.165) is 12.8 Å². The SMILES string of the molecule is CC(C)(C)c1c[c-]c2c(c1)-c1cc(C(C)(C)C)ccc1C2.[C-]1=CC=CC1.[Zr+2]=[Si](c1ccccc1)c1ccccc1. The second-order valence-corrected chi connectivity index (χ2v) is 18.0. The zero-order valence-electron chi connectivity index (χ0n) is 24.8. The summed E-state index contributed by atoms with van der Waals surface area (Å²) in [6.45, 7) is 13.6. The fraction of sp³-hybridized carbons (Fsp3) is 0.263. The minimum absolute atomic E-state index is 0.177. The third-order valence-corrected chi connectivity index (χ3v) is 13.3. The van der Waals surface area contributed by atoms with Gasteiger partial charge in [-0.3, -0.25) is 6.08 Å². The Balaban J connectivity index is 0.000000166. The van der Waals surface area contributed by atoms with E-state index in [1.807, 2.05) is 12.2 Å². The molecule has 0 fully saturated rings. The molecule has 0 saturated heterocycles. The van der Waals surface area contributed by atoms with Gasteiger partial charge in [-0.2, -0.15) is 35.4 Å². The van der Waals surface area contributed by atoms with E-state index >= 15 is 0 Å². The molecule has 0 saturated carbocycles. The van der Waals surface area contributed by atoms with Gasteiger partial charge in [0, 0.05) is 0 Å². The molecule has 0 amide bonds. The summed E-state index contributed by atoms with van der Waals surface area (Å²) < 4.78 is 0. The van der Waals surface area contributed by atoms with Crippen LogP contribution in [0.15, 0.2) is 109 Å². The summed E-state index contributed by atoms with van der Waals surface area (Å²) in [4.78, 5) is 0. The Morgan fingerprint density at radius 1 is 0.700 bits per heavy atom. The standard InChI is InChI=1S/C21H25.C12H10Si.C5H5.Zr/c1-20(2,3)16-9-7-14-11-15-8-10-17(21(4,5)6)13-19(15)18(14)12-16;1-3-7-11(8-4-1)13-12-9-5-2-6-10-12;1-2-4-5-3-1;/h7,9-10,12-13H,11H2,1-6H3;1-10H;1-3H,4H2;/q-1;;-1;+2. The van der Waals surface area contributed by atoms with E-state index in [1.54, 1.807) is 23.3 Å². The molecule has 0 nitrogen and oxygen atoms in total. The second kappa shape index (κ2) is 13.4. The van der Waals surface area contributed by atoms with E-state index in [9.17, 15) is 0 Å². The molecule has 4 aromatic carbocycles. The van der Waals surface area contributed by atoms with Crippen molar-refractivity contribution in [3.8, 4) is 11.1 Å². The average Bonchev–Trinajstić information content (AvgIpc) is 3.64. The molecule has 4 aromatic rings. The van der Waals surface area contributed by atoms with Gasteiger partial charge in [-0.05, 0) is 17.4 Å². The normalized spacial score (nSPS) is 13.0. The van der Waals surface area contributed by atoms with Gasteiger partial charge in [0.1, 0.15) is 0 Å². The Morgan fingerprint density at radius 3 is 1.75 bits per heavy atom. The van der Waals surface area contributed by atoms with Crippen molar-refractivity contribution in [2.45, 2.75) is 65.2 Å². The number of allylic oxidation sites excluding steroid dienone is 4. The van der Waals surface area contributed by atoms with Crippen molar-refractivity contribution in [3.05, 3.63) is 144 Å². The van der Waals surface area contributed by atoms with Crippen LogP contribution in [0.25, 0.3) is 11.1 Å². The summed E-state index contributed by atoms with van der Waals surface area (Å²) in [6.07, 6.45) is 11.0. The Kier molecular flexibility index (Phi) is 10.2. The molecule has 0 radical (unpaired) electrons. The molecule has 2 aliphatic carbocycles. The molecule has 0 aromatic heterocycles. The first-order valence-electron chi connectivity index (χ1n) is 14.1. The molecule has 0 unspecified atom stereocenters. The third kappa shape index (κ3) is 8.02. The molecule has 0 atom stereocenters. The Labute approximate surface area is 257 Å². The average molecular weight is 616 g/mol. The topological polar surface area (TPSA) is 0 Å². The van der Waals surface area contributed by atoms with E-state index < -0.39 is 5.43 Å². The summed E-state index contributed by atoms with van der Waals surface area (Å²) in [5, 5.41) is 3.03.